The summed E-state index contributed by atoms with van der Waals surface area (Å²) < 4.78 is 0. The number of hydrogen-bond donors (Lipinski definition) is 1. The van der Waals surface area contributed by atoms with E-state index >= 15 is 0 Å². The van der Waals surface area contributed by atoms with Gasteiger partial charge in [-0.25, -0.2) is 0 Å². The molecule has 17 heavy (non-hydrogen) atoms. The summed E-state index contributed by atoms with van der Waals surface area (Å²) in [6.45, 7) is 2.73. The number of nitrogens with one attached hydrogen (secondary N) is 1. The van der Waals surface area contributed by atoms with Gasteiger partial charge in [0.25, 0.3) is 0 Å². The van der Waals surface area contributed by atoms with Crippen LogP contribution in [0, 0.1) is 6.92 Å². The topological polar surface area (TPSA) is 24.9 Å². The van der Waals surface area contributed by atoms with Crippen LogP contribution in [0.2, 0.25) is 0 Å². The van der Waals surface area contributed by atoms with Gasteiger partial charge in [-0.05, 0) is 24.1 Å². The predicted molar refractivity (Wildman–Crippen MR) is 72.5 cm³/mol. The van der Waals surface area contributed by atoms with Crippen LogP contribution >= 0.6 is 11.6 Å². The van der Waals surface area contributed by atoms with Crippen molar-refractivity contribution in [3.8, 4) is 0 Å². The highest BCUT2D eigenvalue weighted by Crippen LogP contribution is 2.21. The first-order valence-corrected chi connectivity index (χ1v) is 6.04. The van der Waals surface area contributed by atoms with E-state index in [0.717, 1.165) is 16.8 Å². The van der Waals surface area contributed by atoms with Crippen LogP contribution in [0.5, 0.6) is 0 Å². The Morgan fingerprint density at radius 1 is 1.24 bits per heavy atom. The molecule has 2 nitrogen and oxygen atoms in total. The first-order chi connectivity index (χ1) is 8.27. The van der Waals surface area contributed by atoms with E-state index in [1.165, 1.54) is 0 Å². The Labute approximate surface area is 107 Å². The first-order valence-electron chi connectivity index (χ1n) is 5.61. The largest absolute Gasteiger partial charge is 0.383 e. The minimum atomic E-state index is -0.0243. The molecule has 0 aliphatic rings. The van der Waals surface area contributed by atoms with Crippen LogP contribution in [0.4, 0.5) is 5.69 Å². The van der Waals surface area contributed by atoms with Crippen molar-refractivity contribution >= 4 is 17.3 Å². The molecule has 0 saturated carbocycles. The maximum atomic E-state index is 6.33. The molecule has 2 aromatic rings. The lowest BCUT2D eigenvalue weighted by atomic mass is 10.1. The Balaban J connectivity index is 1.97. The fraction of sp³-hybridized carbons (Fsp3) is 0.214. The molecule has 0 spiro atoms. The SMILES string of the molecule is Cc1cnccc1NCC(Cl)c1ccccc1. The number of pyridine rings is 1. The van der Waals surface area contributed by atoms with E-state index in [4.69, 9.17) is 11.6 Å². The molecular formula is C14H15ClN2. The Morgan fingerprint density at radius 3 is 2.71 bits per heavy atom. The number of halogens is 1. The summed E-state index contributed by atoms with van der Waals surface area (Å²) >= 11 is 6.33. The van der Waals surface area contributed by atoms with Crippen LogP contribution in [0.15, 0.2) is 48.8 Å². The fourth-order valence-corrected chi connectivity index (χ4v) is 1.87. The molecule has 88 valence electrons. The zero-order valence-corrected chi connectivity index (χ0v) is 10.5. The lowest BCUT2D eigenvalue weighted by Gasteiger charge is -2.13. The summed E-state index contributed by atoms with van der Waals surface area (Å²) in [6.07, 6.45) is 3.62. The maximum absolute atomic E-state index is 6.33. The van der Waals surface area contributed by atoms with Crippen LogP contribution in [0.25, 0.3) is 0 Å². The highest BCUT2D eigenvalue weighted by molar-refractivity contribution is 6.21. The van der Waals surface area contributed by atoms with Crippen LogP contribution < -0.4 is 5.32 Å². The van der Waals surface area contributed by atoms with Gasteiger partial charge in [0.05, 0.1) is 5.38 Å². The summed E-state index contributed by atoms with van der Waals surface area (Å²) in [4.78, 5) is 4.06. The summed E-state index contributed by atoms with van der Waals surface area (Å²) in [5, 5.41) is 3.31. The number of anilines is 1. The zero-order chi connectivity index (χ0) is 12.1. The van der Waals surface area contributed by atoms with E-state index in [1.807, 2.05) is 49.5 Å². The second-order valence-electron chi connectivity index (χ2n) is 3.95. The Hall–Kier alpha value is -1.54. The highest BCUT2D eigenvalue weighted by Gasteiger charge is 2.07. The predicted octanol–water partition coefficient (Wildman–Crippen LogP) is 3.78. The number of aryl methyl sites for hydroxylation is 1. The summed E-state index contributed by atoms with van der Waals surface area (Å²) in [5.74, 6) is 0. The Kier molecular flexibility index (Phi) is 3.99. The zero-order valence-electron chi connectivity index (χ0n) is 9.73. The monoisotopic (exact) mass is 246 g/mol. The Morgan fingerprint density at radius 2 is 2.00 bits per heavy atom. The van der Waals surface area contributed by atoms with Crippen LogP contribution in [0.3, 0.4) is 0 Å². The lowest BCUT2D eigenvalue weighted by molar-refractivity contribution is 0.974. The van der Waals surface area contributed by atoms with Gasteiger partial charge in [0, 0.05) is 24.6 Å². The normalized spacial score (nSPS) is 12.1. The van der Waals surface area contributed by atoms with E-state index in [-0.39, 0.29) is 5.38 Å². The average Bonchev–Trinajstić information content (AvgIpc) is 2.38. The molecule has 1 aromatic heterocycles. The molecular weight excluding hydrogens is 232 g/mol. The van der Waals surface area contributed by atoms with Crippen molar-refractivity contribution in [2.75, 3.05) is 11.9 Å². The Bertz CT molecular complexity index is 471. The molecule has 1 N–H and O–H groups in total. The molecule has 0 bridgehead atoms. The van der Waals surface area contributed by atoms with Gasteiger partial charge in [0.1, 0.15) is 0 Å². The first kappa shape index (κ1) is 11.9. The molecule has 1 atom stereocenters. The van der Waals surface area contributed by atoms with Crippen molar-refractivity contribution < 1.29 is 0 Å². The van der Waals surface area contributed by atoms with E-state index in [2.05, 4.69) is 10.3 Å². The number of aromatic nitrogens is 1. The van der Waals surface area contributed by atoms with E-state index in [9.17, 15) is 0 Å². The second kappa shape index (κ2) is 5.69. The van der Waals surface area contributed by atoms with E-state index in [0.29, 0.717) is 6.54 Å². The average molecular weight is 247 g/mol. The molecule has 3 heteroatoms. The van der Waals surface area contributed by atoms with Gasteiger partial charge in [-0.1, -0.05) is 30.3 Å². The minimum absolute atomic E-state index is 0.0243. The summed E-state index contributed by atoms with van der Waals surface area (Å²) in [6, 6.07) is 12.0. The van der Waals surface area contributed by atoms with Gasteiger partial charge in [-0.3, -0.25) is 4.98 Å². The molecule has 2 rings (SSSR count). The van der Waals surface area contributed by atoms with Gasteiger partial charge in [0.2, 0.25) is 0 Å². The number of hydrogen-bond acceptors (Lipinski definition) is 2. The van der Waals surface area contributed by atoms with Crippen molar-refractivity contribution in [1.82, 2.24) is 4.98 Å². The van der Waals surface area contributed by atoms with E-state index < -0.39 is 0 Å². The summed E-state index contributed by atoms with van der Waals surface area (Å²) in [7, 11) is 0. The maximum Gasteiger partial charge on any atom is 0.0757 e. The smallest absolute Gasteiger partial charge is 0.0757 e. The molecule has 1 unspecified atom stereocenters. The molecule has 0 amide bonds. The third-order valence-corrected chi connectivity index (χ3v) is 3.06. The lowest BCUT2D eigenvalue weighted by Crippen LogP contribution is -2.08. The number of rotatable bonds is 4. The second-order valence-corrected chi connectivity index (χ2v) is 4.48. The van der Waals surface area contributed by atoms with Gasteiger partial charge in [0.15, 0.2) is 0 Å². The fourth-order valence-electron chi connectivity index (χ4n) is 1.65. The van der Waals surface area contributed by atoms with Crippen molar-refractivity contribution in [1.29, 1.82) is 0 Å². The van der Waals surface area contributed by atoms with Gasteiger partial charge in [-0.2, -0.15) is 0 Å². The van der Waals surface area contributed by atoms with Gasteiger partial charge < -0.3 is 5.32 Å². The van der Waals surface area contributed by atoms with Gasteiger partial charge in [-0.15, -0.1) is 11.6 Å². The summed E-state index contributed by atoms with van der Waals surface area (Å²) in [5.41, 5.74) is 3.35. The minimum Gasteiger partial charge on any atom is -0.383 e. The van der Waals surface area contributed by atoms with Crippen molar-refractivity contribution in [2.45, 2.75) is 12.3 Å². The third-order valence-electron chi connectivity index (χ3n) is 2.65. The van der Waals surface area contributed by atoms with Gasteiger partial charge >= 0.3 is 0 Å². The number of benzene rings is 1. The molecule has 0 aliphatic heterocycles. The van der Waals surface area contributed by atoms with Crippen molar-refractivity contribution in [3.05, 3.63) is 59.9 Å². The van der Waals surface area contributed by atoms with Crippen LogP contribution in [0.1, 0.15) is 16.5 Å². The molecule has 0 fully saturated rings. The molecule has 0 aliphatic carbocycles. The molecule has 0 radical (unpaired) electrons. The van der Waals surface area contributed by atoms with Crippen molar-refractivity contribution in [3.63, 3.8) is 0 Å². The molecule has 1 aromatic carbocycles. The number of alkyl halides is 1. The highest BCUT2D eigenvalue weighted by atomic mass is 35.5. The van der Waals surface area contributed by atoms with Crippen LogP contribution in [-0.2, 0) is 0 Å². The molecule has 0 saturated heterocycles. The van der Waals surface area contributed by atoms with Crippen LogP contribution in [-0.4, -0.2) is 11.5 Å². The standard InChI is InChI=1S/C14H15ClN2/c1-11-9-16-8-7-14(11)17-10-13(15)12-5-3-2-4-6-12/h2-9,13H,10H2,1H3,(H,16,17). The van der Waals surface area contributed by atoms with Crippen molar-refractivity contribution in [2.24, 2.45) is 0 Å². The molecule has 1 heterocycles. The third kappa shape index (κ3) is 3.21. The quantitative estimate of drug-likeness (QED) is 0.831. The number of nitrogens with zero attached hydrogens (tertiary/aromatic N) is 1. The van der Waals surface area contributed by atoms with E-state index in [1.54, 1.807) is 6.20 Å².